The van der Waals surface area contributed by atoms with Gasteiger partial charge in [-0.25, -0.2) is 0 Å². The van der Waals surface area contributed by atoms with E-state index >= 15 is 0 Å². The van der Waals surface area contributed by atoms with Gasteiger partial charge in [-0.2, -0.15) is 0 Å². The van der Waals surface area contributed by atoms with Gasteiger partial charge in [-0.05, 0) is 65.8 Å². The van der Waals surface area contributed by atoms with Crippen LogP contribution in [0.2, 0.25) is 0 Å². The van der Waals surface area contributed by atoms with Crippen molar-refractivity contribution < 1.29 is 9.90 Å². The summed E-state index contributed by atoms with van der Waals surface area (Å²) in [7, 11) is 0. The minimum atomic E-state index is -0.857. The summed E-state index contributed by atoms with van der Waals surface area (Å²) in [5, 5.41) is 8.85. The smallest absolute Gasteiger partial charge is 0.303 e. The second kappa shape index (κ2) is 10.4. The van der Waals surface area contributed by atoms with E-state index in [2.05, 4.69) is 59.8 Å². The number of hydrogen-bond donors (Lipinski definition) is 1. The molecule has 4 nitrogen and oxygen atoms in total. The van der Waals surface area contributed by atoms with Gasteiger partial charge in [-0.15, -0.1) is 0 Å². The van der Waals surface area contributed by atoms with Crippen molar-refractivity contribution in [3.05, 3.63) is 111 Å². The molecule has 5 heteroatoms. The number of carbonyl (C=O) groups is 1. The Labute approximate surface area is 191 Å². The van der Waals surface area contributed by atoms with Crippen LogP contribution in [0.5, 0.6) is 0 Å². The topological polar surface area (TPSA) is 59.3 Å². The Balaban J connectivity index is 1.88. The number of rotatable bonds is 9. The molecular formula is C26H26BrNO3. The molecule has 1 N–H and O–H groups in total. The van der Waals surface area contributed by atoms with E-state index in [-0.39, 0.29) is 17.9 Å². The first-order valence-electron chi connectivity index (χ1n) is 10.3. The summed E-state index contributed by atoms with van der Waals surface area (Å²) in [5.74, 6) is -0.724. The Morgan fingerprint density at radius 1 is 1.10 bits per heavy atom. The maximum Gasteiger partial charge on any atom is 0.303 e. The lowest BCUT2D eigenvalue weighted by molar-refractivity contribution is -0.137. The summed E-state index contributed by atoms with van der Waals surface area (Å²) < 4.78 is 2.61. The Hall–Kier alpha value is -2.92. The zero-order valence-electron chi connectivity index (χ0n) is 17.6. The lowest BCUT2D eigenvalue weighted by Gasteiger charge is -2.22. The number of halogens is 1. The molecule has 0 amide bonds. The van der Waals surface area contributed by atoms with Gasteiger partial charge < -0.3 is 9.67 Å². The summed E-state index contributed by atoms with van der Waals surface area (Å²) >= 11 is 3.51. The molecule has 0 bridgehead atoms. The molecule has 0 saturated heterocycles. The second-order valence-corrected chi connectivity index (χ2v) is 8.63. The standard InChI is InChI=1S/C26H26BrNO3/c1-18-6-3-4-7-23(18)24(20-9-12-22(27)13-10-20)16-19(2)21-11-14-25(29)28(17-21)15-5-8-26(30)31/h3-4,6-7,9-14,17,24H,2,5,8,15-16H2,1H3,(H,30,31). The van der Waals surface area contributed by atoms with Gasteiger partial charge in [0, 0.05) is 35.6 Å². The molecule has 31 heavy (non-hydrogen) atoms. The Morgan fingerprint density at radius 3 is 2.48 bits per heavy atom. The molecule has 160 valence electrons. The fraction of sp³-hybridized carbons (Fsp3) is 0.231. The third kappa shape index (κ3) is 6.05. The van der Waals surface area contributed by atoms with Crippen LogP contribution in [0, 0.1) is 6.92 Å². The summed E-state index contributed by atoms with van der Waals surface area (Å²) in [6, 6.07) is 20.0. The van der Waals surface area contributed by atoms with Gasteiger partial charge in [0.05, 0.1) is 0 Å². The van der Waals surface area contributed by atoms with Gasteiger partial charge in [0.25, 0.3) is 5.56 Å². The van der Waals surface area contributed by atoms with Gasteiger partial charge in [0.15, 0.2) is 0 Å². The van der Waals surface area contributed by atoms with E-state index in [9.17, 15) is 9.59 Å². The molecule has 2 aromatic carbocycles. The fourth-order valence-electron chi connectivity index (χ4n) is 3.76. The molecule has 0 saturated carbocycles. The first-order valence-corrected chi connectivity index (χ1v) is 11.1. The van der Waals surface area contributed by atoms with E-state index < -0.39 is 5.97 Å². The Morgan fingerprint density at radius 2 is 1.81 bits per heavy atom. The lowest BCUT2D eigenvalue weighted by atomic mass is 9.83. The number of aliphatic carboxylic acids is 1. The molecule has 1 heterocycles. The first kappa shape index (κ1) is 22.8. The zero-order chi connectivity index (χ0) is 22.4. The highest BCUT2D eigenvalue weighted by Crippen LogP contribution is 2.35. The largest absolute Gasteiger partial charge is 0.481 e. The van der Waals surface area contributed by atoms with Crippen LogP contribution in [0.3, 0.4) is 0 Å². The third-order valence-electron chi connectivity index (χ3n) is 5.47. The number of hydrogen-bond acceptors (Lipinski definition) is 2. The number of pyridine rings is 1. The monoisotopic (exact) mass is 479 g/mol. The van der Waals surface area contributed by atoms with Crippen LogP contribution in [-0.2, 0) is 11.3 Å². The van der Waals surface area contributed by atoms with E-state index in [1.165, 1.54) is 22.8 Å². The lowest BCUT2D eigenvalue weighted by Crippen LogP contribution is -2.19. The minimum Gasteiger partial charge on any atom is -0.481 e. The minimum absolute atomic E-state index is 0.0382. The van der Waals surface area contributed by atoms with Crippen molar-refractivity contribution in [1.82, 2.24) is 4.57 Å². The maximum atomic E-state index is 12.2. The number of benzene rings is 2. The summed E-state index contributed by atoms with van der Waals surface area (Å²) in [5.41, 5.74) is 5.37. The number of aryl methyl sites for hydroxylation is 2. The Bertz CT molecular complexity index is 1130. The summed E-state index contributed by atoms with van der Waals surface area (Å²) in [6.07, 6.45) is 2.95. The predicted octanol–water partition coefficient (Wildman–Crippen LogP) is 6.02. The molecule has 0 aliphatic rings. The van der Waals surface area contributed by atoms with Crippen LogP contribution in [0.25, 0.3) is 5.57 Å². The van der Waals surface area contributed by atoms with Crippen LogP contribution in [-0.4, -0.2) is 15.6 Å². The highest BCUT2D eigenvalue weighted by Gasteiger charge is 2.18. The molecular weight excluding hydrogens is 454 g/mol. The summed E-state index contributed by atoms with van der Waals surface area (Å²) in [4.78, 5) is 23.0. The van der Waals surface area contributed by atoms with Crippen LogP contribution in [0.4, 0.5) is 0 Å². The number of aromatic nitrogens is 1. The number of allylic oxidation sites excluding steroid dienone is 1. The predicted molar refractivity (Wildman–Crippen MR) is 128 cm³/mol. The van der Waals surface area contributed by atoms with Gasteiger partial charge in [-0.1, -0.05) is 58.9 Å². The van der Waals surface area contributed by atoms with E-state index in [0.29, 0.717) is 19.4 Å². The second-order valence-electron chi connectivity index (χ2n) is 7.72. The van der Waals surface area contributed by atoms with Crippen LogP contribution in [0.15, 0.2) is 82.7 Å². The van der Waals surface area contributed by atoms with E-state index in [0.717, 1.165) is 15.6 Å². The van der Waals surface area contributed by atoms with E-state index in [4.69, 9.17) is 5.11 Å². The fourth-order valence-corrected chi connectivity index (χ4v) is 4.02. The highest BCUT2D eigenvalue weighted by molar-refractivity contribution is 9.10. The highest BCUT2D eigenvalue weighted by atomic mass is 79.9. The van der Waals surface area contributed by atoms with Crippen LogP contribution >= 0.6 is 15.9 Å². The van der Waals surface area contributed by atoms with Gasteiger partial charge >= 0.3 is 5.97 Å². The molecule has 0 fully saturated rings. The van der Waals surface area contributed by atoms with E-state index in [1.54, 1.807) is 16.8 Å². The van der Waals surface area contributed by atoms with Crippen LogP contribution in [0.1, 0.15) is 47.4 Å². The average molecular weight is 480 g/mol. The molecule has 0 aliphatic carbocycles. The molecule has 1 unspecified atom stereocenters. The normalized spacial score (nSPS) is 11.8. The third-order valence-corrected chi connectivity index (χ3v) is 6.00. The Kier molecular flexibility index (Phi) is 7.64. The van der Waals surface area contributed by atoms with Crippen molar-refractivity contribution in [3.63, 3.8) is 0 Å². The molecule has 0 radical (unpaired) electrons. The number of carboxylic acid groups (broad SMARTS) is 1. The molecule has 3 rings (SSSR count). The van der Waals surface area contributed by atoms with Crippen molar-refractivity contribution in [3.8, 4) is 0 Å². The maximum absolute atomic E-state index is 12.2. The van der Waals surface area contributed by atoms with Crippen LogP contribution < -0.4 is 5.56 Å². The first-order chi connectivity index (χ1) is 14.8. The van der Waals surface area contributed by atoms with Crippen molar-refractivity contribution in [1.29, 1.82) is 0 Å². The van der Waals surface area contributed by atoms with Crippen molar-refractivity contribution in [2.24, 2.45) is 0 Å². The van der Waals surface area contributed by atoms with E-state index in [1.807, 2.05) is 18.2 Å². The van der Waals surface area contributed by atoms with Gasteiger partial charge in [0.2, 0.25) is 0 Å². The molecule has 1 aromatic heterocycles. The van der Waals surface area contributed by atoms with Gasteiger partial charge in [0.1, 0.15) is 0 Å². The zero-order valence-corrected chi connectivity index (χ0v) is 19.1. The van der Waals surface area contributed by atoms with Crippen molar-refractivity contribution in [2.75, 3.05) is 0 Å². The van der Waals surface area contributed by atoms with Crippen molar-refractivity contribution in [2.45, 2.75) is 38.6 Å². The quantitative estimate of drug-likeness (QED) is 0.408. The SMILES string of the molecule is C=C(CC(c1ccc(Br)cc1)c1ccccc1C)c1ccc(=O)n(CCCC(=O)O)c1. The number of carboxylic acids is 1. The molecule has 0 spiro atoms. The number of nitrogens with zero attached hydrogens (tertiary/aromatic N) is 1. The molecule has 1 atom stereocenters. The summed E-state index contributed by atoms with van der Waals surface area (Å²) in [6.45, 7) is 6.82. The molecule has 3 aromatic rings. The van der Waals surface area contributed by atoms with Gasteiger partial charge in [-0.3, -0.25) is 9.59 Å². The van der Waals surface area contributed by atoms with Crippen molar-refractivity contribution >= 4 is 27.5 Å². The average Bonchev–Trinajstić information content (AvgIpc) is 2.74. The molecule has 0 aliphatic heterocycles.